The van der Waals surface area contributed by atoms with Crippen LogP contribution in [0.3, 0.4) is 0 Å². The van der Waals surface area contributed by atoms with Gasteiger partial charge in [0.05, 0.1) is 23.7 Å². The quantitative estimate of drug-likeness (QED) is 0.624. The summed E-state index contributed by atoms with van der Waals surface area (Å²) in [7, 11) is 0. The number of hydrogen-bond donors (Lipinski definition) is 2. The molecule has 0 aromatic carbocycles. The molecule has 10 heavy (non-hydrogen) atoms. The largest absolute Gasteiger partial charge is 0.473 e. The van der Waals surface area contributed by atoms with Crippen molar-refractivity contribution in [2.45, 2.75) is 0 Å². The maximum atomic E-state index is 9.10. The summed E-state index contributed by atoms with van der Waals surface area (Å²) in [4.78, 5) is 18.2. The molecule has 0 amide bonds. The maximum absolute atomic E-state index is 9.10. The van der Waals surface area contributed by atoms with Crippen molar-refractivity contribution >= 4 is 35.7 Å². The van der Waals surface area contributed by atoms with Crippen LogP contribution >= 0.6 is 23.7 Å². The smallest absolute Gasteiger partial charge is 0.414 e. The molecule has 0 bridgehead atoms. The fourth-order valence-electron chi connectivity index (χ4n) is 0. The summed E-state index contributed by atoms with van der Waals surface area (Å²) in [6.07, 6.45) is 0. The number of carboxylic acid groups (broad SMARTS) is 2. The second-order valence-corrected chi connectivity index (χ2v) is 1.14. The van der Waals surface area contributed by atoms with E-state index in [0.717, 1.165) is 0 Å². The van der Waals surface area contributed by atoms with Crippen molar-refractivity contribution in [3.05, 3.63) is 0 Å². The van der Waals surface area contributed by atoms with Crippen molar-refractivity contribution in [2.75, 3.05) is 0 Å². The van der Waals surface area contributed by atoms with Gasteiger partial charge < -0.3 is 10.2 Å². The molecular formula is C2H2Cl2O5Zr. The Morgan fingerprint density at radius 2 is 1.20 bits per heavy atom. The molecule has 8 heteroatoms. The van der Waals surface area contributed by atoms with Gasteiger partial charge in [-0.2, -0.15) is 3.84 Å². The van der Waals surface area contributed by atoms with Crippen molar-refractivity contribution in [3.8, 4) is 0 Å². The Hall–Kier alpha value is 0.363. The molecule has 0 atom stereocenters. The molecule has 0 aromatic rings. The predicted octanol–water partition coefficient (Wildman–Crippen LogP) is 0.464. The van der Waals surface area contributed by atoms with E-state index in [1.165, 1.54) is 0 Å². The van der Waals surface area contributed by atoms with Gasteiger partial charge in [0.15, 0.2) is 0 Å². The first kappa shape index (κ1) is 16.8. The SMILES string of the molecule is ClOCl.O=C(O)C(=O)O.[Zr]. The molecule has 0 saturated heterocycles. The summed E-state index contributed by atoms with van der Waals surface area (Å²) in [6.45, 7) is 0. The number of hydrogen-bond acceptors (Lipinski definition) is 3. The van der Waals surface area contributed by atoms with E-state index in [-0.39, 0.29) is 26.2 Å². The van der Waals surface area contributed by atoms with Crippen molar-refractivity contribution in [1.29, 1.82) is 0 Å². The van der Waals surface area contributed by atoms with Crippen LogP contribution in [0.15, 0.2) is 0 Å². The first-order valence-corrected chi connectivity index (χ1v) is 2.03. The Morgan fingerprint density at radius 3 is 1.20 bits per heavy atom. The van der Waals surface area contributed by atoms with Gasteiger partial charge in [-0.1, -0.05) is 0 Å². The van der Waals surface area contributed by atoms with E-state index >= 15 is 0 Å². The Morgan fingerprint density at radius 1 is 1.10 bits per heavy atom. The second kappa shape index (κ2) is 12.1. The van der Waals surface area contributed by atoms with Crippen molar-refractivity contribution in [2.24, 2.45) is 0 Å². The zero-order valence-corrected chi connectivity index (χ0v) is 8.34. The third kappa shape index (κ3) is 23.8. The Balaban J connectivity index is -0.000000107. The molecule has 0 unspecified atom stereocenters. The van der Waals surface area contributed by atoms with E-state index in [9.17, 15) is 0 Å². The monoisotopic (exact) mass is 266 g/mol. The Kier molecular flexibility index (Phi) is 20.2. The number of aliphatic carboxylic acids is 2. The minimum absolute atomic E-state index is 0. The summed E-state index contributed by atoms with van der Waals surface area (Å²) in [5.74, 6) is -3.65. The van der Waals surface area contributed by atoms with Crippen molar-refractivity contribution in [3.63, 3.8) is 0 Å². The van der Waals surface area contributed by atoms with Gasteiger partial charge in [0.25, 0.3) is 0 Å². The second-order valence-electron chi connectivity index (χ2n) is 0.669. The van der Waals surface area contributed by atoms with E-state index in [1.54, 1.807) is 0 Å². The normalized spacial score (nSPS) is 6.20. The van der Waals surface area contributed by atoms with Crippen molar-refractivity contribution < 1.29 is 49.8 Å². The summed E-state index contributed by atoms with van der Waals surface area (Å²) >= 11 is 8.53. The summed E-state index contributed by atoms with van der Waals surface area (Å²) in [5, 5.41) is 14.8. The fraction of sp³-hybridized carbons (Fsp3) is 0. The molecule has 0 rings (SSSR count). The molecule has 0 radical (unpaired) electrons. The molecule has 0 aliphatic rings. The van der Waals surface area contributed by atoms with Gasteiger partial charge in [0, 0.05) is 26.2 Å². The van der Waals surface area contributed by atoms with Crippen LogP contribution in [0.5, 0.6) is 0 Å². The van der Waals surface area contributed by atoms with Crippen molar-refractivity contribution in [1.82, 2.24) is 0 Å². The zero-order valence-electron chi connectivity index (χ0n) is 4.38. The summed E-state index contributed by atoms with van der Waals surface area (Å²) in [6, 6.07) is 0. The van der Waals surface area contributed by atoms with Crippen LogP contribution in [-0.2, 0) is 39.6 Å². The first-order valence-electron chi connectivity index (χ1n) is 1.41. The Labute approximate surface area is 85.3 Å². The average molecular weight is 268 g/mol. The molecule has 0 aliphatic heterocycles. The minimum atomic E-state index is -1.82. The molecule has 0 fully saturated rings. The number of carbonyl (C=O) groups is 2. The maximum Gasteiger partial charge on any atom is 0.414 e. The molecular weight excluding hydrogens is 266 g/mol. The van der Waals surface area contributed by atoms with Crippen LogP contribution in [0.4, 0.5) is 0 Å². The molecule has 0 aromatic heterocycles. The first-order chi connectivity index (χ1) is 4.06. The molecule has 0 heterocycles. The third-order valence-corrected chi connectivity index (χ3v) is 0.183. The molecule has 0 spiro atoms. The van der Waals surface area contributed by atoms with Gasteiger partial charge in [-0.15, -0.1) is 0 Å². The topological polar surface area (TPSA) is 83.8 Å². The number of halogens is 2. The van der Waals surface area contributed by atoms with E-state index in [0.29, 0.717) is 0 Å². The van der Waals surface area contributed by atoms with E-state index in [4.69, 9.17) is 19.8 Å². The average Bonchev–Trinajstić information content (AvgIpc) is 1.68. The molecule has 0 aliphatic carbocycles. The minimum Gasteiger partial charge on any atom is -0.473 e. The molecule has 5 nitrogen and oxygen atoms in total. The van der Waals surface area contributed by atoms with Gasteiger partial charge in [0.1, 0.15) is 0 Å². The molecule has 0 saturated carbocycles. The predicted molar refractivity (Wildman–Crippen MR) is 28.1 cm³/mol. The van der Waals surface area contributed by atoms with Gasteiger partial charge in [0.2, 0.25) is 0 Å². The Bertz CT molecular complexity index is 93.8. The van der Waals surface area contributed by atoms with Crippen LogP contribution in [0.1, 0.15) is 0 Å². The molecule has 58 valence electrons. The number of rotatable bonds is 0. The molecule has 2 N–H and O–H groups in total. The van der Waals surface area contributed by atoms with Crippen LogP contribution in [0.25, 0.3) is 0 Å². The van der Waals surface area contributed by atoms with Gasteiger partial charge >= 0.3 is 11.9 Å². The van der Waals surface area contributed by atoms with Crippen LogP contribution < -0.4 is 0 Å². The summed E-state index contributed by atoms with van der Waals surface area (Å²) in [5.41, 5.74) is 0. The van der Waals surface area contributed by atoms with E-state index in [1.807, 2.05) is 0 Å². The zero-order chi connectivity index (χ0) is 7.86. The van der Waals surface area contributed by atoms with Gasteiger partial charge in [-0.3, -0.25) is 0 Å². The van der Waals surface area contributed by atoms with Crippen LogP contribution in [-0.4, -0.2) is 22.2 Å². The van der Waals surface area contributed by atoms with Crippen LogP contribution in [0.2, 0.25) is 0 Å². The van der Waals surface area contributed by atoms with E-state index < -0.39 is 11.9 Å². The van der Waals surface area contributed by atoms with Gasteiger partial charge in [-0.05, 0) is 0 Å². The summed E-state index contributed by atoms with van der Waals surface area (Å²) < 4.78 is 3.19. The fourth-order valence-corrected chi connectivity index (χ4v) is 0. The standard InChI is InChI=1S/C2H2O4.Cl2O.Zr/c3-1(4)2(5)6;1-3-2;/h(H,3,4)(H,5,6);;. The van der Waals surface area contributed by atoms with E-state index in [2.05, 4.69) is 27.6 Å². The number of carboxylic acids is 2. The van der Waals surface area contributed by atoms with Crippen LogP contribution in [0, 0.1) is 0 Å². The third-order valence-electron chi connectivity index (χ3n) is 0.183. The van der Waals surface area contributed by atoms with Gasteiger partial charge in [-0.25, -0.2) is 9.59 Å².